The molecule has 0 bridgehead atoms. The summed E-state index contributed by atoms with van der Waals surface area (Å²) in [6.07, 6.45) is 3.62. The van der Waals surface area contributed by atoms with Crippen molar-refractivity contribution in [1.29, 1.82) is 0 Å². The van der Waals surface area contributed by atoms with Gasteiger partial charge in [-0.2, -0.15) is 0 Å². The van der Waals surface area contributed by atoms with Gasteiger partial charge in [0.15, 0.2) is 0 Å². The fourth-order valence-corrected chi connectivity index (χ4v) is 3.35. The van der Waals surface area contributed by atoms with Crippen LogP contribution in [0.2, 0.25) is 0 Å². The number of nitrogens with two attached hydrogens (primary N) is 1. The molecule has 2 heterocycles. The Kier molecular flexibility index (Phi) is 4.32. The zero-order chi connectivity index (χ0) is 11.4. The number of aromatic nitrogens is 1. The average molecular weight is 239 g/mol. The summed E-state index contributed by atoms with van der Waals surface area (Å²) >= 11 is 1.83. The monoisotopic (exact) mass is 239 g/mol. The number of thiazole rings is 1. The van der Waals surface area contributed by atoms with Crippen LogP contribution < -0.4 is 5.73 Å². The second-order valence-electron chi connectivity index (χ2n) is 4.46. The standard InChI is InChI=1S/C12H21N3S/c1-2-11-9-16-12(14-11)10-4-3-6-15(8-10)7-5-13/h9-10H,2-8,13H2,1H3. The van der Waals surface area contributed by atoms with Gasteiger partial charge in [0.25, 0.3) is 0 Å². The molecule has 1 aromatic rings. The molecule has 1 aliphatic heterocycles. The summed E-state index contributed by atoms with van der Waals surface area (Å²) in [4.78, 5) is 7.18. The Labute approximate surface area is 102 Å². The van der Waals surface area contributed by atoms with Gasteiger partial charge in [-0.15, -0.1) is 11.3 Å². The van der Waals surface area contributed by atoms with Crippen molar-refractivity contribution >= 4 is 11.3 Å². The van der Waals surface area contributed by atoms with Crippen molar-refractivity contribution in [3.8, 4) is 0 Å². The molecule has 90 valence electrons. The molecule has 3 nitrogen and oxygen atoms in total. The molecular formula is C12H21N3S. The van der Waals surface area contributed by atoms with E-state index in [1.54, 1.807) is 0 Å². The minimum absolute atomic E-state index is 0.644. The van der Waals surface area contributed by atoms with E-state index in [4.69, 9.17) is 10.7 Å². The lowest BCUT2D eigenvalue weighted by Crippen LogP contribution is -2.37. The lowest BCUT2D eigenvalue weighted by molar-refractivity contribution is 0.213. The zero-order valence-corrected chi connectivity index (χ0v) is 10.8. The van der Waals surface area contributed by atoms with Gasteiger partial charge in [-0.05, 0) is 25.8 Å². The maximum Gasteiger partial charge on any atom is 0.0972 e. The van der Waals surface area contributed by atoms with Crippen LogP contribution in [-0.4, -0.2) is 36.1 Å². The van der Waals surface area contributed by atoms with Crippen LogP contribution >= 0.6 is 11.3 Å². The number of rotatable bonds is 4. The third-order valence-corrected chi connectivity index (χ3v) is 4.29. The van der Waals surface area contributed by atoms with E-state index in [2.05, 4.69) is 17.2 Å². The van der Waals surface area contributed by atoms with Crippen molar-refractivity contribution in [1.82, 2.24) is 9.88 Å². The lowest BCUT2D eigenvalue weighted by atomic mass is 9.99. The van der Waals surface area contributed by atoms with Crippen LogP contribution in [0.25, 0.3) is 0 Å². The highest BCUT2D eigenvalue weighted by atomic mass is 32.1. The molecule has 0 amide bonds. The highest BCUT2D eigenvalue weighted by Gasteiger charge is 2.22. The SMILES string of the molecule is CCc1csc(C2CCCN(CCN)C2)n1. The summed E-state index contributed by atoms with van der Waals surface area (Å²) in [6, 6.07) is 0. The molecule has 1 saturated heterocycles. The van der Waals surface area contributed by atoms with Crippen LogP contribution in [0, 0.1) is 0 Å². The van der Waals surface area contributed by atoms with E-state index in [0.29, 0.717) is 5.92 Å². The molecule has 0 spiro atoms. The maximum absolute atomic E-state index is 5.61. The number of aryl methyl sites for hydroxylation is 1. The average Bonchev–Trinajstić information content (AvgIpc) is 2.78. The molecule has 0 radical (unpaired) electrons. The van der Waals surface area contributed by atoms with E-state index in [0.717, 1.165) is 26.1 Å². The van der Waals surface area contributed by atoms with E-state index in [9.17, 15) is 0 Å². The Morgan fingerprint density at radius 1 is 1.62 bits per heavy atom. The van der Waals surface area contributed by atoms with Crippen molar-refractivity contribution in [3.05, 3.63) is 16.1 Å². The summed E-state index contributed by atoms with van der Waals surface area (Å²) < 4.78 is 0. The first-order valence-corrected chi connectivity index (χ1v) is 7.08. The first kappa shape index (κ1) is 12.0. The number of hydrogen-bond donors (Lipinski definition) is 1. The summed E-state index contributed by atoms with van der Waals surface area (Å²) in [5.74, 6) is 0.644. The molecule has 4 heteroatoms. The fraction of sp³-hybridized carbons (Fsp3) is 0.750. The van der Waals surface area contributed by atoms with Crippen LogP contribution in [0.3, 0.4) is 0 Å². The predicted molar refractivity (Wildman–Crippen MR) is 69.0 cm³/mol. The summed E-state index contributed by atoms with van der Waals surface area (Å²) in [6.45, 7) is 6.32. The third-order valence-electron chi connectivity index (χ3n) is 3.23. The number of nitrogens with zero attached hydrogens (tertiary/aromatic N) is 2. The van der Waals surface area contributed by atoms with Crippen LogP contribution in [0.5, 0.6) is 0 Å². The molecular weight excluding hydrogens is 218 g/mol. The molecule has 1 aromatic heterocycles. The summed E-state index contributed by atoms with van der Waals surface area (Å²) in [5.41, 5.74) is 6.86. The molecule has 2 N–H and O–H groups in total. The highest BCUT2D eigenvalue weighted by Crippen LogP contribution is 2.29. The number of piperidine rings is 1. The van der Waals surface area contributed by atoms with Gasteiger partial charge in [0.2, 0.25) is 0 Å². The summed E-state index contributed by atoms with van der Waals surface area (Å²) in [7, 11) is 0. The van der Waals surface area contributed by atoms with Crippen molar-refractivity contribution in [2.45, 2.75) is 32.1 Å². The third kappa shape index (κ3) is 2.81. The van der Waals surface area contributed by atoms with E-state index in [1.165, 1.54) is 30.1 Å². The normalized spacial score (nSPS) is 22.5. The van der Waals surface area contributed by atoms with Crippen LogP contribution in [0.1, 0.15) is 36.4 Å². The maximum atomic E-state index is 5.61. The molecule has 1 fully saturated rings. The zero-order valence-electron chi connectivity index (χ0n) is 9.98. The largest absolute Gasteiger partial charge is 0.329 e. The molecule has 0 aliphatic carbocycles. The molecule has 16 heavy (non-hydrogen) atoms. The number of likely N-dealkylation sites (tertiary alicyclic amines) is 1. The Balaban J connectivity index is 1.98. The smallest absolute Gasteiger partial charge is 0.0972 e. The Bertz CT molecular complexity index is 322. The Morgan fingerprint density at radius 2 is 2.50 bits per heavy atom. The number of hydrogen-bond acceptors (Lipinski definition) is 4. The van der Waals surface area contributed by atoms with E-state index >= 15 is 0 Å². The second kappa shape index (κ2) is 5.75. The van der Waals surface area contributed by atoms with Gasteiger partial charge in [0.1, 0.15) is 0 Å². The first-order valence-electron chi connectivity index (χ1n) is 6.20. The lowest BCUT2D eigenvalue weighted by Gasteiger charge is -2.31. The minimum atomic E-state index is 0.644. The van der Waals surface area contributed by atoms with Crippen molar-refractivity contribution in [2.24, 2.45) is 5.73 Å². The van der Waals surface area contributed by atoms with Crippen LogP contribution in [0.15, 0.2) is 5.38 Å². The molecule has 0 saturated carbocycles. The van der Waals surface area contributed by atoms with Gasteiger partial charge in [-0.1, -0.05) is 6.92 Å². The minimum Gasteiger partial charge on any atom is -0.329 e. The fourth-order valence-electron chi connectivity index (χ4n) is 2.32. The second-order valence-corrected chi connectivity index (χ2v) is 5.35. The molecule has 1 atom stereocenters. The quantitative estimate of drug-likeness (QED) is 0.872. The summed E-state index contributed by atoms with van der Waals surface area (Å²) in [5, 5.41) is 3.54. The predicted octanol–water partition coefficient (Wildman–Crippen LogP) is 1.84. The van der Waals surface area contributed by atoms with Crippen LogP contribution in [0.4, 0.5) is 0 Å². The molecule has 1 unspecified atom stereocenters. The van der Waals surface area contributed by atoms with E-state index in [1.807, 2.05) is 11.3 Å². The molecule has 0 aromatic carbocycles. The highest BCUT2D eigenvalue weighted by molar-refractivity contribution is 7.09. The van der Waals surface area contributed by atoms with Crippen LogP contribution in [-0.2, 0) is 6.42 Å². The Hall–Kier alpha value is -0.450. The van der Waals surface area contributed by atoms with Crippen molar-refractivity contribution in [3.63, 3.8) is 0 Å². The van der Waals surface area contributed by atoms with Crippen molar-refractivity contribution < 1.29 is 0 Å². The molecule has 1 aliphatic rings. The van der Waals surface area contributed by atoms with Gasteiger partial charge in [0, 0.05) is 30.9 Å². The van der Waals surface area contributed by atoms with Gasteiger partial charge in [0.05, 0.1) is 10.7 Å². The van der Waals surface area contributed by atoms with Gasteiger partial charge in [-0.3, -0.25) is 0 Å². The van der Waals surface area contributed by atoms with E-state index in [-0.39, 0.29) is 0 Å². The Morgan fingerprint density at radius 3 is 3.19 bits per heavy atom. The van der Waals surface area contributed by atoms with Gasteiger partial charge < -0.3 is 10.6 Å². The first-order chi connectivity index (χ1) is 7.83. The van der Waals surface area contributed by atoms with Gasteiger partial charge in [-0.25, -0.2) is 4.98 Å². The van der Waals surface area contributed by atoms with Crippen molar-refractivity contribution in [2.75, 3.05) is 26.2 Å². The van der Waals surface area contributed by atoms with Gasteiger partial charge >= 0.3 is 0 Å². The molecule has 2 rings (SSSR count). The van der Waals surface area contributed by atoms with E-state index < -0.39 is 0 Å². The topological polar surface area (TPSA) is 42.1 Å².